The number of fused-ring (bicyclic) bond motifs is 1. The first kappa shape index (κ1) is 11.9. The van der Waals surface area contributed by atoms with E-state index in [1.807, 2.05) is 43.5 Å². The summed E-state index contributed by atoms with van der Waals surface area (Å²) in [6.45, 7) is 7.54. The molecule has 1 heterocycles. The van der Waals surface area contributed by atoms with Crippen molar-refractivity contribution in [1.82, 2.24) is 9.55 Å². The number of nitrogens with zero attached hydrogens (tertiary/aromatic N) is 2. The summed E-state index contributed by atoms with van der Waals surface area (Å²) < 4.78 is 7.56. The van der Waals surface area contributed by atoms with Crippen LogP contribution in [0.4, 0.5) is 5.95 Å². The number of para-hydroxylation sites is 1. The Morgan fingerprint density at radius 2 is 2.24 bits per heavy atom. The van der Waals surface area contributed by atoms with Crippen LogP contribution in [-0.4, -0.2) is 22.3 Å². The molecule has 0 aliphatic carbocycles. The molecule has 0 aliphatic heterocycles. The van der Waals surface area contributed by atoms with Gasteiger partial charge in [0.1, 0.15) is 0 Å². The van der Waals surface area contributed by atoms with Crippen molar-refractivity contribution in [2.24, 2.45) is 0 Å². The summed E-state index contributed by atoms with van der Waals surface area (Å²) in [5.74, 6) is 0.556. The van der Waals surface area contributed by atoms with E-state index in [-0.39, 0.29) is 6.10 Å². The second-order valence-corrected chi connectivity index (χ2v) is 4.29. The summed E-state index contributed by atoms with van der Waals surface area (Å²) >= 11 is 0. The Kier molecular flexibility index (Phi) is 3.33. The van der Waals surface area contributed by atoms with E-state index in [1.54, 1.807) is 0 Å². The van der Waals surface area contributed by atoms with Gasteiger partial charge in [-0.05, 0) is 32.4 Å². The maximum absolute atomic E-state index is 5.96. The smallest absolute Gasteiger partial charge is 0.201 e. The summed E-state index contributed by atoms with van der Waals surface area (Å²) in [7, 11) is 0. The summed E-state index contributed by atoms with van der Waals surface area (Å²) in [6.07, 6.45) is 0.139. The highest BCUT2D eigenvalue weighted by molar-refractivity contribution is 5.81. The molecule has 17 heavy (non-hydrogen) atoms. The largest absolute Gasteiger partial charge is 0.377 e. The van der Waals surface area contributed by atoms with Gasteiger partial charge in [0.15, 0.2) is 0 Å². The Morgan fingerprint density at radius 3 is 2.94 bits per heavy atom. The van der Waals surface area contributed by atoms with Gasteiger partial charge in [-0.2, -0.15) is 0 Å². The summed E-state index contributed by atoms with van der Waals surface area (Å²) in [5, 5.41) is 0. The third-order valence-electron chi connectivity index (χ3n) is 2.90. The zero-order valence-corrected chi connectivity index (χ0v) is 10.6. The van der Waals surface area contributed by atoms with Crippen LogP contribution >= 0.6 is 0 Å². The predicted molar refractivity (Wildman–Crippen MR) is 70.0 cm³/mol. The molecule has 0 aliphatic rings. The van der Waals surface area contributed by atoms with Gasteiger partial charge in [0.25, 0.3) is 0 Å². The fraction of sp³-hybridized carbons (Fsp3) is 0.462. The minimum atomic E-state index is 0.139. The van der Waals surface area contributed by atoms with Gasteiger partial charge in [-0.15, -0.1) is 0 Å². The molecule has 0 saturated carbocycles. The molecule has 1 atom stereocenters. The molecule has 4 heteroatoms. The molecular weight excluding hydrogens is 214 g/mol. The van der Waals surface area contributed by atoms with Crippen LogP contribution in [0.5, 0.6) is 0 Å². The Balaban J connectivity index is 2.40. The number of aryl methyl sites for hydroxylation is 1. The highest BCUT2D eigenvalue weighted by Crippen LogP contribution is 2.21. The average molecular weight is 233 g/mol. The molecule has 0 saturated heterocycles. The normalized spacial score (nSPS) is 13.1. The van der Waals surface area contributed by atoms with E-state index in [0.29, 0.717) is 12.6 Å². The first-order valence-electron chi connectivity index (χ1n) is 5.96. The van der Waals surface area contributed by atoms with Gasteiger partial charge >= 0.3 is 0 Å². The Labute approximate surface area is 101 Å². The number of imidazole rings is 1. The Morgan fingerprint density at radius 1 is 1.47 bits per heavy atom. The molecule has 1 aromatic carbocycles. The lowest BCUT2D eigenvalue weighted by molar-refractivity contribution is 0.0652. The standard InChI is InChI=1S/C13H19N3O/c1-4-17-10(3)8-16-11-7-5-6-9(2)12(11)15-13(16)14/h5-7,10H,4,8H2,1-3H3,(H2,14,15). The minimum Gasteiger partial charge on any atom is -0.377 e. The Hall–Kier alpha value is -1.55. The van der Waals surface area contributed by atoms with Crippen molar-refractivity contribution in [2.45, 2.75) is 33.4 Å². The minimum absolute atomic E-state index is 0.139. The Bertz CT molecular complexity index is 519. The summed E-state index contributed by atoms with van der Waals surface area (Å²) in [5.41, 5.74) is 9.17. The molecule has 0 radical (unpaired) electrons. The van der Waals surface area contributed by atoms with E-state index in [1.165, 1.54) is 0 Å². The summed E-state index contributed by atoms with van der Waals surface area (Å²) in [6, 6.07) is 6.12. The highest BCUT2D eigenvalue weighted by Gasteiger charge is 2.12. The monoisotopic (exact) mass is 233 g/mol. The van der Waals surface area contributed by atoms with Crippen LogP contribution in [0.25, 0.3) is 11.0 Å². The third-order valence-corrected chi connectivity index (χ3v) is 2.90. The van der Waals surface area contributed by atoms with Gasteiger partial charge in [0.2, 0.25) is 5.95 Å². The fourth-order valence-corrected chi connectivity index (χ4v) is 2.09. The van der Waals surface area contributed by atoms with E-state index in [2.05, 4.69) is 4.98 Å². The molecule has 92 valence electrons. The van der Waals surface area contributed by atoms with Gasteiger partial charge in [0.05, 0.1) is 23.7 Å². The lowest BCUT2D eigenvalue weighted by atomic mass is 10.2. The second-order valence-electron chi connectivity index (χ2n) is 4.29. The van der Waals surface area contributed by atoms with Crippen LogP contribution < -0.4 is 5.73 Å². The van der Waals surface area contributed by atoms with E-state index in [0.717, 1.165) is 23.1 Å². The number of hydrogen-bond acceptors (Lipinski definition) is 3. The maximum Gasteiger partial charge on any atom is 0.201 e. The number of hydrogen-bond donors (Lipinski definition) is 1. The lowest BCUT2D eigenvalue weighted by Gasteiger charge is -2.14. The number of nitrogen functional groups attached to an aromatic ring is 1. The van der Waals surface area contributed by atoms with Crippen molar-refractivity contribution in [3.05, 3.63) is 23.8 Å². The van der Waals surface area contributed by atoms with Crippen LogP contribution in [-0.2, 0) is 11.3 Å². The molecule has 0 bridgehead atoms. The molecule has 2 N–H and O–H groups in total. The number of benzene rings is 1. The molecule has 0 fully saturated rings. The van der Waals surface area contributed by atoms with Crippen LogP contribution in [0.2, 0.25) is 0 Å². The molecule has 2 rings (SSSR count). The van der Waals surface area contributed by atoms with Crippen molar-refractivity contribution < 1.29 is 4.74 Å². The number of aromatic nitrogens is 2. The van der Waals surface area contributed by atoms with Gasteiger partial charge in [0, 0.05) is 6.61 Å². The zero-order chi connectivity index (χ0) is 12.4. The van der Waals surface area contributed by atoms with Crippen LogP contribution in [0.1, 0.15) is 19.4 Å². The maximum atomic E-state index is 5.96. The SMILES string of the molecule is CCOC(C)Cn1c(N)nc2c(C)cccc21. The summed E-state index contributed by atoms with van der Waals surface area (Å²) in [4.78, 5) is 4.41. The van der Waals surface area contributed by atoms with Crippen molar-refractivity contribution in [2.75, 3.05) is 12.3 Å². The predicted octanol–water partition coefficient (Wildman–Crippen LogP) is 2.35. The molecule has 4 nitrogen and oxygen atoms in total. The quantitative estimate of drug-likeness (QED) is 0.882. The van der Waals surface area contributed by atoms with Gasteiger partial charge < -0.3 is 15.0 Å². The molecule has 2 aromatic rings. The number of ether oxygens (including phenoxy) is 1. The number of anilines is 1. The first-order valence-corrected chi connectivity index (χ1v) is 5.96. The van der Waals surface area contributed by atoms with Crippen LogP contribution in [0.3, 0.4) is 0 Å². The molecular formula is C13H19N3O. The fourth-order valence-electron chi connectivity index (χ4n) is 2.09. The number of rotatable bonds is 4. The highest BCUT2D eigenvalue weighted by atomic mass is 16.5. The molecule has 0 amide bonds. The zero-order valence-electron chi connectivity index (χ0n) is 10.6. The van der Waals surface area contributed by atoms with E-state index >= 15 is 0 Å². The van der Waals surface area contributed by atoms with Gasteiger partial charge in [-0.1, -0.05) is 12.1 Å². The van der Waals surface area contributed by atoms with Crippen molar-refractivity contribution in [1.29, 1.82) is 0 Å². The third kappa shape index (κ3) is 2.26. The lowest BCUT2D eigenvalue weighted by Crippen LogP contribution is -2.17. The van der Waals surface area contributed by atoms with E-state index < -0.39 is 0 Å². The first-order chi connectivity index (χ1) is 8.13. The number of nitrogens with two attached hydrogens (primary N) is 1. The second kappa shape index (κ2) is 4.75. The van der Waals surface area contributed by atoms with Crippen molar-refractivity contribution in [3.8, 4) is 0 Å². The van der Waals surface area contributed by atoms with Crippen LogP contribution in [0.15, 0.2) is 18.2 Å². The average Bonchev–Trinajstić information content (AvgIpc) is 2.58. The molecule has 1 aromatic heterocycles. The van der Waals surface area contributed by atoms with Crippen LogP contribution in [0, 0.1) is 6.92 Å². The van der Waals surface area contributed by atoms with Gasteiger partial charge in [-0.25, -0.2) is 4.98 Å². The molecule has 0 spiro atoms. The van der Waals surface area contributed by atoms with E-state index in [4.69, 9.17) is 10.5 Å². The van der Waals surface area contributed by atoms with E-state index in [9.17, 15) is 0 Å². The van der Waals surface area contributed by atoms with Gasteiger partial charge in [-0.3, -0.25) is 0 Å². The van der Waals surface area contributed by atoms with Crippen molar-refractivity contribution >= 4 is 17.0 Å². The van der Waals surface area contributed by atoms with Crippen molar-refractivity contribution in [3.63, 3.8) is 0 Å². The molecule has 1 unspecified atom stereocenters. The topological polar surface area (TPSA) is 53.1 Å².